The van der Waals surface area contributed by atoms with Crippen molar-refractivity contribution < 1.29 is 19.7 Å². The van der Waals surface area contributed by atoms with E-state index in [1.807, 2.05) is 13.0 Å². The number of aliphatic hydroxyl groups excluding tert-OH is 1. The molecule has 0 spiro atoms. The van der Waals surface area contributed by atoms with Crippen LogP contribution in [-0.2, 0) is 9.53 Å². The fourth-order valence-electron chi connectivity index (χ4n) is 9.39. The maximum Gasteiger partial charge on any atom is 0.155 e. The number of fused-ring (bicyclic) bond motifs is 7. The van der Waals surface area contributed by atoms with Gasteiger partial charge in [0.15, 0.2) is 5.78 Å². The van der Waals surface area contributed by atoms with Crippen molar-refractivity contribution in [1.82, 2.24) is 0 Å². The normalized spacial score (nSPS) is 54.3. The first kappa shape index (κ1) is 22.1. The number of ketones is 1. The van der Waals surface area contributed by atoms with Crippen LogP contribution in [0.3, 0.4) is 0 Å². The van der Waals surface area contributed by atoms with Gasteiger partial charge >= 0.3 is 0 Å². The van der Waals surface area contributed by atoms with E-state index in [-0.39, 0.29) is 22.9 Å². The zero-order chi connectivity index (χ0) is 22.3. The van der Waals surface area contributed by atoms with Gasteiger partial charge in [0.2, 0.25) is 0 Å². The zero-order valence-electron chi connectivity index (χ0n) is 20.0. The fraction of sp³-hybridized carbons (Fsp3) is 0.889. The first-order chi connectivity index (χ1) is 14.5. The molecule has 0 aromatic heterocycles. The second kappa shape index (κ2) is 7.14. The number of aliphatic hydroxyl groups is 2. The third kappa shape index (κ3) is 3.07. The lowest BCUT2D eigenvalue weighted by molar-refractivity contribution is -0.147. The molecular formula is C27H42O4. The summed E-state index contributed by atoms with van der Waals surface area (Å²) < 4.78 is 6.49. The molecule has 5 aliphatic rings. The number of carbonyl (C=O) groups excluding carboxylic acids is 1. The maximum absolute atomic E-state index is 12.1. The third-order valence-corrected chi connectivity index (χ3v) is 10.6. The molecule has 1 aliphatic heterocycles. The quantitative estimate of drug-likeness (QED) is 0.691. The van der Waals surface area contributed by atoms with Crippen LogP contribution in [0.15, 0.2) is 12.2 Å². The zero-order valence-corrected chi connectivity index (χ0v) is 20.0. The van der Waals surface area contributed by atoms with Crippen LogP contribution in [0, 0.1) is 46.3 Å². The molecule has 4 heteroatoms. The Morgan fingerprint density at radius 3 is 2.61 bits per heavy atom. The van der Waals surface area contributed by atoms with Gasteiger partial charge in [0, 0.05) is 12.3 Å². The van der Waals surface area contributed by atoms with E-state index in [2.05, 4.69) is 33.8 Å². The van der Waals surface area contributed by atoms with E-state index >= 15 is 0 Å². The van der Waals surface area contributed by atoms with E-state index in [1.54, 1.807) is 0 Å². The van der Waals surface area contributed by atoms with E-state index in [1.165, 1.54) is 12.8 Å². The highest BCUT2D eigenvalue weighted by Gasteiger charge is 2.70. The minimum absolute atomic E-state index is 0.0459. The Morgan fingerprint density at radius 2 is 1.90 bits per heavy atom. The summed E-state index contributed by atoms with van der Waals surface area (Å²) in [5.74, 6) is 3.08. The average Bonchev–Trinajstić information content (AvgIpc) is 3.13. The summed E-state index contributed by atoms with van der Waals surface area (Å²) >= 11 is 0. The van der Waals surface area contributed by atoms with Gasteiger partial charge in [-0.25, -0.2) is 0 Å². The van der Waals surface area contributed by atoms with Crippen molar-refractivity contribution in [3.63, 3.8) is 0 Å². The van der Waals surface area contributed by atoms with Gasteiger partial charge in [-0.2, -0.15) is 0 Å². The fourth-order valence-corrected chi connectivity index (χ4v) is 9.39. The van der Waals surface area contributed by atoms with Crippen LogP contribution in [0.2, 0.25) is 0 Å². The lowest BCUT2D eigenvalue weighted by Crippen LogP contribution is -2.56. The predicted octanol–water partition coefficient (Wildman–Crippen LogP) is 4.53. The van der Waals surface area contributed by atoms with Crippen LogP contribution >= 0.6 is 0 Å². The van der Waals surface area contributed by atoms with Crippen LogP contribution in [-0.4, -0.2) is 39.9 Å². The lowest BCUT2D eigenvalue weighted by atomic mass is 9.45. The highest BCUT2D eigenvalue weighted by atomic mass is 16.5. The second-order valence-electron chi connectivity index (χ2n) is 12.8. The number of allylic oxidation sites excluding steroid dienone is 2. The average molecular weight is 431 g/mol. The first-order valence-corrected chi connectivity index (χ1v) is 12.8. The largest absolute Gasteiger partial charge is 0.390 e. The van der Waals surface area contributed by atoms with Gasteiger partial charge in [0.25, 0.3) is 0 Å². The molecule has 5 rings (SSSR count). The van der Waals surface area contributed by atoms with Gasteiger partial charge in [-0.3, -0.25) is 4.79 Å². The van der Waals surface area contributed by atoms with E-state index in [0.29, 0.717) is 41.8 Å². The van der Waals surface area contributed by atoms with E-state index in [9.17, 15) is 15.0 Å². The number of hydrogen-bond donors (Lipinski definition) is 2. The number of hydrogen-bond acceptors (Lipinski definition) is 4. The third-order valence-electron chi connectivity index (χ3n) is 10.6. The Morgan fingerprint density at radius 1 is 1.16 bits per heavy atom. The molecule has 31 heavy (non-hydrogen) atoms. The van der Waals surface area contributed by atoms with Gasteiger partial charge in [-0.15, -0.1) is 0 Å². The molecule has 1 heterocycles. The molecule has 1 unspecified atom stereocenters. The summed E-state index contributed by atoms with van der Waals surface area (Å²) in [6, 6.07) is 0. The second-order valence-corrected chi connectivity index (χ2v) is 12.8. The summed E-state index contributed by atoms with van der Waals surface area (Å²) in [6.07, 6.45) is 10.1. The lowest BCUT2D eigenvalue weighted by Gasteiger charge is -2.59. The maximum atomic E-state index is 12.1. The number of carbonyl (C=O) groups is 1. The van der Waals surface area contributed by atoms with Gasteiger partial charge in [0.05, 0.1) is 17.8 Å². The van der Waals surface area contributed by atoms with Crippen molar-refractivity contribution in [2.24, 2.45) is 46.3 Å². The highest BCUT2D eigenvalue weighted by molar-refractivity contribution is 5.91. The minimum atomic E-state index is -0.992. The van der Waals surface area contributed by atoms with Crippen molar-refractivity contribution in [2.75, 3.05) is 0 Å². The van der Waals surface area contributed by atoms with Gasteiger partial charge in [0.1, 0.15) is 6.10 Å². The van der Waals surface area contributed by atoms with Crippen molar-refractivity contribution >= 4 is 5.78 Å². The molecule has 2 N–H and O–H groups in total. The Balaban J connectivity index is 1.42. The van der Waals surface area contributed by atoms with Crippen molar-refractivity contribution in [3.05, 3.63) is 12.2 Å². The van der Waals surface area contributed by atoms with E-state index in [0.717, 1.165) is 25.7 Å². The topological polar surface area (TPSA) is 66.8 Å². The molecular weight excluding hydrogens is 388 g/mol. The molecule has 174 valence electrons. The Labute approximate surface area is 187 Å². The van der Waals surface area contributed by atoms with Crippen LogP contribution in [0.1, 0.15) is 79.6 Å². The van der Waals surface area contributed by atoms with Crippen LogP contribution in [0.25, 0.3) is 0 Å². The number of ether oxygens (including phenoxy) is 1. The molecule has 1 saturated heterocycles. The van der Waals surface area contributed by atoms with Crippen molar-refractivity contribution in [2.45, 2.75) is 103 Å². The molecule has 4 fully saturated rings. The van der Waals surface area contributed by atoms with E-state index < -0.39 is 17.8 Å². The monoisotopic (exact) mass is 430 g/mol. The predicted molar refractivity (Wildman–Crippen MR) is 120 cm³/mol. The van der Waals surface area contributed by atoms with Crippen LogP contribution in [0.4, 0.5) is 0 Å². The Bertz CT molecular complexity index is 771. The van der Waals surface area contributed by atoms with Crippen LogP contribution in [0.5, 0.6) is 0 Å². The molecule has 0 aromatic rings. The van der Waals surface area contributed by atoms with Gasteiger partial charge < -0.3 is 14.9 Å². The highest BCUT2D eigenvalue weighted by Crippen LogP contribution is 2.70. The molecule has 0 bridgehead atoms. The first-order valence-electron chi connectivity index (χ1n) is 12.8. The SMILES string of the molecule is CC(C)C[C@H](O)C1O[C@H]2C[C@H]3[C@@H]4CC[C@H]5CC(=O)C=C[C@]5(C)[C@H]4CC[C@]3(C)[C@H]2[C@@]1(C)O. The minimum Gasteiger partial charge on any atom is -0.390 e. The van der Waals surface area contributed by atoms with Gasteiger partial charge in [-0.05, 0) is 91.9 Å². The summed E-state index contributed by atoms with van der Waals surface area (Å²) in [4.78, 5) is 12.1. The summed E-state index contributed by atoms with van der Waals surface area (Å²) in [5.41, 5.74) is -0.804. The summed E-state index contributed by atoms with van der Waals surface area (Å²) in [6.45, 7) is 11.0. The standard InChI is InChI=1S/C27H42O4/c1-15(2)12-21(29)24-27(5,30)23-22(31-24)14-20-18-7-6-16-13-17(28)8-10-25(16,3)19(18)9-11-26(20,23)4/h8,10,15-16,18-24,29-30H,6-7,9,11-14H2,1-5H3/t16-,18+,19-,20-,21-,22-,23-,24?,25-,26-,27+/m0/s1. The summed E-state index contributed by atoms with van der Waals surface area (Å²) in [5, 5.41) is 22.6. The Hall–Kier alpha value is -0.710. The molecule has 0 radical (unpaired) electrons. The molecule has 0 aromatic carbocycles. The summed E-state index contributed by atoms with van der Waals surface area (Å²) in [7, 11) is 0. The molecule has 4 aliphatic carbocycles. The Kier molecular flexibility index (Phi) is 5.09. The molecule has 0 amide bonds. The molecule has 3 saturated carbocycles. The van der Waals surface area contributed by atoms with E-state index in [4.69, 9.17) is 4.74 Å². The molecule has 11 atom stereocenters. The number of rotatable bonds is 3. The molecule has 4 nitrogen and oxygen atoms in total. The van der Waals surface area contributed by atoms with Gasteiger partial charge in [-0.1, -0.05) is 33.8 Å². The van der Waals surface area contributed by atoms with Crippen LogP contribution < -0.4 is 0 Å². The smallest absolute Gasteiger partial charge is 0.155 e. The van der Waals surface area contributed by atoms with Crippen molar-refractivity contribution in [1.29, 1.82) is 0 Å². The van der Waals surface area contributed by atoms with Crippen molar-refractivity contribution in [3.8, 4) is 0 Å².